The van der Waals surface area contributed by atoms with Crippen LogP contribution in [-0.2, 0) is 0 Å². The molecule has 2 aromatic carbocycles. The van der Waals surface area contributed by atoms with Crippen molar-refractivity contribution >= 4 is 21.6 Å². The van der Waals surface area contributed by atoms with Crippen molar-refractivity contribution in [2.24, 2.45) is 0 Å². The normalized spacial score (nSPS) is 12.0. The Labute approximate surface area is 125 Å². The van der Waals surface area contributed by atoms with Gasteiger partial charge in [0.05, 0.1) is 13.2 Å². The number of nitrogens with one attached hydrogen (secondary N) is 1. The lowest BCUT2D eigenvalue weighted by Crippen LogP contribution is -2.07. The minimum absolute atomic E-state index is 0.0633. The molecule has 0 aliphatic heterocycles. The van der Waals surface area contributed by atoms with Crippen LogP contribution in [0.4, 0.5) is 10.1 Å². The molecule has 1 atom stereocenters. The molecule has 20 heavy (non-hydrogen) atoms. The third-order valence-electron chi connectivity index (χ3n) is 2.95. The van der Waals surface area contributed by atoms with Gasteiger partial charge in [-0.1, -0.05) is 15.9 Å². The molecule has 2 aromatic rings. The summed E-state index contributed by atoms with van der Waals surface area (Å²) in [7, 11) is 1.59. The summed E-state index contributed by atoms with van der Waals surface area (Å²) in [4.78, 5) is 0. The molecule has 2 N–H and O–H groups in total. The Morgan fingerprint density at radius 1 is 1.25 bits per heavy atom. The number of methoxy groups -OCH3 is 1. The number of halogens is 2. The third kappa shape index (κ3) is 3.42. The fourth-order valence-corrected chi connectivity index (χ4v) is 2.44. The van der Waals surface area contributed by atoms with Crippen LogP contribution in [0.15, 0.2) is 40.9 Å². The third-order valence-corrected chi connectivity index (χ3v) is 3.40. The molecule has 2 rings (SSSR count). The molecule has 5 heteroatoms. The van der Waals surface area contributed by atoms with E-state index < -0.39 is 0 Å². The second-order valence-electron chi connectivity index (χ2n) is 4.45. The summed E-state index contributed by atoms with van der Waals surface area (Å²) in [6.07, 6.45) is 0. The zero-order valence-electron chi connectivity index (χ0n) is 11.2. The van der Waals surface area contributed by atoms with E-state index in [1.54, 1.807) is 7.11 Å². The van der Waals surface area contributed by atoms with Crippen molar-refractivity contribution < 1.29 is 14.2 Å². The van der Waals surface area contributed by atoms with Crippen LogP contribution in [0.3, 0.4) is 0 Å². The van der Waals surface area contributed by atoms with E-state index in [1.807, 2.05) is 25.1 Å². The molecule has 0 saturated heterocycles. The Hall–Kier alpha value is -1.75. The van der Waals surface area contributed by atoms with Crippen LogP contribution < -0.4 is 10.1 Å². The number of hydrogen-bond donors (Lipinski definition) is 2. The molecule has 0 bridgehead atoms. The summed E-state index contributed by atoms with van der Waals surface area (Å²) in [6, 6.07) is 9.22. The van der Waals surface area contributed by atoms with Crippen molar-refractivity contribution in [3.05, 3.63) is 52.3 Å². The Bertz CT molecular complexity index is 619. The van der Waals surface area contributed by atoms with Crippen molar-refractivity contribution in [2.75, 3.05) is 12.4 Å². The van der Waals surface area contributed by atoms with Gasteiger partial charge in [-0.2, -0.15) is 0 Å². The molecule has 0 amide bonds. The SMILES string of the molecule is COc1cc(Br)cc(NC(C)c2cc(F)ccc2O)c1. The zero-order chi connectivity index (χ0) is 14.7. The van der Waals surface area contributed by atoms with Gasteiger partial charge in [-0.15, -0.1) is 0 Å². The van der Waals surface area contributed by atoms with Crippen molar-refractivity contribution in [1.82, 2.24) is 0 Å². The monoisotopic (exact) mass is 339 g/mol. The lowest BCUT2D eigenvalue weighted by Gasteiger charge is -2.18. The molecule has 106 valence electrons. The highest BCUT2D eigenvalue weighted by Crippen LogP contribution is 2.30. The Morgan fingerprint density at radius 2 is 2.00 bits per heavy atom. The highest BCUT2D eigenvalue weighted by Gasteiger charge is 2.12. The molecule has 0 fully saturated rings. The van der Waals surface area contributed by atoms with Crippen LogP contribution in [0.25, 0.3) is 0 Å². The van der Waals surface area contributed by atoms with Crippen LogP contribution in [-0.4, -0.2) is 12.2 Å². The molecular formula is C15H15BrFNO2. The van der Waals surface area contributed by atoms with Gasteiger partial charge in [0.25, 0.3) is 0 Å². The van der Waals surface area contributed by atoms with Crippen LogP contribution in [0.2, 0.25) is 0 Å². The van der Waals surface area contributed by atoms with E-state index in [2.05, 4.69) is 21.2 Å². The van der Waals surface area contributed by atoms with E-state index in [0.717, 1.165) is 10.2 Å². The van der Waals surface area contributed by atoms with E-state index in [4.69, 9.17) is 4.74 Å². The molecule has 0 aromatic heterocycles. The first-order valence-corrected chi connectivity index (χ1v) is 6.88. The molecule has 3 nitrogen and oxygen atoms in total. The van der Waals surface area contributed by atoms with Crippen molar-refractivity contribution in [1.29, 1.82) is 0 Å². The van der Waals surface area contributed by atoms with Crippen LogP contribution >= 0.6 is 15.9 Å². The van der Waals surface area contributed by atoms with Gasteiger partial charge in [-0.25, -0.2) is 4.39 Å². The van der Waals surface area contributed by atoms with Crippen molar-refractivity contribution in [3.8, 4) is 11.5 Å². The van der Waals surface area contributed by atoms with Gasteiger partial charge in [0.2, 0.25) is 0 Å². The summed E-state index contributed by atoms with van der Waals surface area (Å²) >= 11 is 3.40. The topological polar surface area (TPSA) is 41.5 Å². The summed E-state index contributed by atoms with van der Waals surface area (Å²) in [6.45, 7) is 1.85. The molecule has 0 saturated carbocycles. The first kappa shape index (κ1) is 14.7. The van der Waals surface area contributed by atoms with E-state index >= 15 is 0 Å². The zero-order valence-corrected chi connectivity index (χ0v) is 12.7. The van der Waals surface area contributed by atoms with Crippen LogP contribution in [0, 0.1) is 5.82 Å². The summed E-state index contributed by atoms with van der Waals surface area (Å²) in [5.74, 6) is 0.393. The highest BCUT2D eigenvalue weighted by atomic mass is 79.9. The minimum atomic E-state index is -0.377. The first-order chi connectivity index (χ1) is 9.49. The van der Waals surface area contributed by atoms with Gasteiger partial charge in [-0.3, -0.25) is 0 Å². The number of ether oxygens (including phenoxy) is 1. The number of benzene rings is 2. The molecule has 1 unspecified atom stereocenters. The molecule has 0 radical (unpaired) electrons. The van der Waals surface area contributed by atoms with Gasteiger partial charge in [0.15, 0.2) is 0 Å². The van der Waals surface area contributed by atoms with E-state index in [9.17, 15) is 9.50 Å². The predicted molar refractivity (Wildman–Crippen MR) is 80.8 cm³/mol. The second kappa shape index (κ2) is 6.13. The smallest absolute Gasteiger partial charge is 0.123 e. The molecular weight excluding hydrogens is 325 g/mol. The fraction of sp³-hybridized carbons (Fsp3) is 0.200. The van der Waals surface area contributed by atoms with E-state index in [1.165, 1.54) is 18.2 Å². The molecule has 0 heterocycles. The summed E-state index contributed by atoms with van der Waals surface area (Å²) in [5.41, 5.74) is 1.32. The number of rotatable bonds is 4. The lowest BCUT2D eigenvalue weighted by molar-refractivity contribution is 0.414. The lowest BCUT2D eigenvalue weighted by atomic mass is 10.1. The van der Waals surface area contributed by atoms with Crippen LogP contribution in [0.5, 0.6) is 11.5 Å². The number of anilines is 1. The highest BCUT2D eigenvalue weighted by molar-refractivity contribution is 9.10. The van der Waals surface area contributed by atoms with Gasteiger partial charge >= 0.3 is 0 Å². The van der Waals surface area contributed by atoms with E-state index in [0.29, 0.717) is 11.3 Å². The number of aromatic hydroxyl groups is 1. The fourth-order valence-electron chi connectivity index (χ4n) is 1.96. The van der Waals surface area contributed by atoms with E-state index in [-0.39, 0.29) is 17.6 Å². The van der Waals surface area contributed by atoms with Gasteiger partial charge in [0.1, 0.15) is 17.3 Å². The maximum absolute atomic E-state index is 13.3. The average molecular weight is 340 g/mol. The summed E-state index contributed by atoms with van der Waals surface area (Å²) in [5, 5.41) is 13.0. The molecule has 0 spiro atoms. The number of hydrogen-bond acceptors (Lipinski definition) is 3. The maximum atomic E-state index is 13.3. The average Bonchev–Trinajstić information content (AvgIpc) is 2.40. The first-order valence-electron chi connectivity index (χ1n) is 6.09. The van der Waals surface area contributed by atoms with Crippen LogP contribution in [0.1, 0.15) is 18.5 Å². The largest absolute Gasteiger partial charge is 0.508 e. The maximum Gasteiger partial charge on any atom is 0.123 e. The van der Waals surface area contributed by atoms with Gasteiger partial charge in [-0.05, 0) is 37.3 Å². The number of phenolic OH excluding ortho intramolecular Hbond substituents is 1. The standard InChI is InChI=1S/C15H15BrFNO2/c1-9(14-7-11(17)3-4-15(14)19)18-12-5-10(16)6-13(8-12)20-2/h3-9,18-19H,1-2H3. The Balaban J connectivity index is 2.25. The van der Waals surface area contributed by atoms with Crippen molar-refractivity contribution in [2.45, 2.75) is 13.0 Å². The summed E-state index contributed by atoms with van der Waals surface area (Å²) < 4.78 is 19.3. The minimum Gasteiger partial charge on any atom is -0.508 e. The molecule has 0 aliphatic carbocycles. The number of phenols is 1. The van der Waals surface area contributed by atoms with Crippen molar-refractivity contribution in [3.63, 3.8) is 0 Å². The van der Waals surface area contributed by atoms with Gasteiger partial charge < -0.3 is 15.2 Å². The second-order valence-corrected chi connectivity index (χ2v) is 5.36. The van der Waals surface area contributed by atoms with Gasteiger partial charge in [0, 0.05) is 21.8 Å². The predicted octanol–water partition coefficient (Wildman–Crippen LogP) is 4.48. The Kier molecular flexibility index (Phi) is 4.49. The quantitative estimate of drug-likeness (QED) is 0.863. The Morgan fingerprint density at radius 3 is 2.70 bits per heavy atom. The molecule has 0 aliphatic rings.